The van der Waals surface area contributed by atoms with Crippen molar-refractivity contribution < 1.29 is 23.9 Å². The lowest BCUT2D eigenvalue weighted by atomic mass is 10.0. The van der Waals surface area contributed by atoms with E-state index in [0.717, 1.165) is 39.9 Å². The van der Waals surface area contributed by atoms with Gasteiger partial charge in [0.25, 0.3) is 5.91 Å². The maximum absolute atomic E-state index is 13.7. The zero-order valence-corrected chi connectivity index (χ0v) is 29.2. The predicted octanol–water partition coefficient (Wildman–Crippen LogP) is 8.50. The fraction of sp³-hybridized carbons (Fsp3) is 0.405. The topological polar surface area (TPSA) is 113 Å². The Hall–Kier alpha value is -4.64. The lowest BCUT2D eigenvalue weighted by Gasteiger charge is -2.37. The number of anilines is 3. The molecule has 0 radical (unpaired) electrons. The Morgan fingerprint density at radius 3 is 2.23 bits per heavy atom. The molecule has 48 heavy (non-hydrogen) atoms. The van der Waals surface area contributed by atoms with Gasteiger partial charge < -0.3 is 24.6 Å². The van der Waals surface area contributed by atoms with E-state index in [4.69, 9.17) is 14.5 Å². The van der Waals surface area contributed by atoms with Gasteiger partial charge in [0.2, 0.25) is 0 Å². The Bertz CT molecular complexity index is 1830. The number of rotatable bonds is 6. The summed E-state index contributed by atoms with van der Waals surface area (Å²) in [6, 6.07) is 15.5. The molecule has 6 rings (SSSR count). The Morgan fingerprint density at radius 2 is 1.58 bits per heavy atom. The van der Waals surface area contributed by atoms with Crippen LogP contribution >= 0.6 is 11.3 Å². The number of pyridine rings is 1. The number of nitrogens with one attached hydrogen (secondary N) is 2. The van der Waals surface area contributed by atoms with E-state index < -0.39 is 17.3 Å². The molecule has 3 amide bonds. The number of carbonyl (C=O) groups is 3. The van der Waals surface area contributed by atoms with Crippen LogP contribution in [0.25, 0.3) is 21.3 Å². The SMILES string of the molecule is CC(C)(C)OC(=O)Nc1ccc(-c2cccs2)cc1NC(=O)c1cnc2c(C3CC3)c(N3CCN(C(=O)OC(C)(C)C)CC3)ccc2c1. The number of aromatic nitrogens is 1. The van der Waals surface area contributed by atoms with Crippen LogP contribution in [0.15, 0.2) is 60.1 Å². The fourth-order valence-electron chi connectivity index (χ4n) is 5.81. The van der Waals surface area contributed by atoms with Crippen LogP contribution in [-0.2, 0) is 9.47 Å². The minimum absolute atomic E-state index is 0.276. The molecular formula is C37H43N5O5S. The fourth-order valence-corrected chi connectivity index (χ4v) is 6.53. The molecule has 1 aliphatic heterocycles. The van der Waals surface area contributed by atoms with Crippen LogP contribution in [0.2, 0.25) is 0 Å². The van der Waals surface area contributed by atoms with Crippen LogP contribution in [0.3, 0.4) is 0 Å². The zero-order valence-electron chi connectivity index (χ0n) is 28.4. The van der Waals surface area contributed by atoms with Crippen LogP contribution in [0, 0.1) is 0 Å². The second-order valence-electron chi connectivity index (χ2n) is 14.3. The molecule has 2 N–H and O–H groups in total. The van der Waals surface area contributed by atoms with E-state index in [1.165, 1.54) is 5.56 Å². The van der Waals surface area contributed by atoms with Crippen molar-refractivity contribution in [3.05, 3.63) is 71.2 Å². The molecule has 1 saturated heterocycles. The van der Waals surface area contributed by atoms with Gasteiger partial charge in [0.15, 0.2) is 0 Å². The normalized spacial score (nSPS) is 15.3. The number of nitrogens with zero attached hydrogens (tertiary/aromatic N) is 3. The van der Waals surface area contributed by atoms with Crippen LogP contribution in [-0.4, -0.2) is 65.4 Å². The first kappa shape index (κ1) is 33.3. The molecular weight excluding hydrogens is 627 g/mol. The Kier molecular flexibility index (Phi) is 9.08. The minimum Gasteiger partial charge on any atom is -0.444 e. The molecule has 11 heteroatoms. The van der Waals surface area contributed by atoms with Crippen molar-refractivity contribution in [2.45, 2.75) is 71.5 Å². The van der Waals surface area contributed by atoms with Crippen molar-refractivity contribution in [2.75, 3.05) is 41.7 Å². The highest BCUT2D eigenvalue weighted by molar-refractivity contribution is 7.13. The number of ether oxygens (including phenoxy) is 2. The summed E-state index contributed by atoms with van der Waals surface area (Å²) < 4.78 is 11.0. The van der Waals surface area contributed by atoms with Gasteiger partial charge in [0.1, 0.15) is 11.2 Å². The highest BCUT2D eigenvalue weighted by atomic mass is 32.1. The second-order valence-corrected chi connectivity index (χ2v) is 15.3. The average Bonchev–Trinajstić information content (AvgIpc) is 3.71. The molecule has 2 aromatic carbocycles. The first-order valence-corrected chi connectivity index (χ1v) is 17.3. The first-order chi connectivity index (χ1) is 22.7. The van der Waals surface area contributed by atoms with Gasteiger partial charge in [0.05, 0.1) is 22.5 Å². The molecule has 3 heterocycles. The van der Waals surface area contributed by atoms with E-state index in [1.54, 1.807) is 49.3 Å². The van der Waals surface area contributed by atoms with E-state index in [9.17, 15) is 14.4 Å². The van der Waals surface area contributed by atoms with Crippen LogP contribution < -0.4 is 15.5 Å². The number of amides is 3. The Balaban J connectivity index is 1.23. The molecule has 0 bridgehead atoms. The first-order valence-electron chi connectivity index (χ1n) is 16.4. The van der Waals surface area contributed by atoms with Crippen molar-refractivity contribution >= 4 is 57.4 Å². The van der Waals surface area contributed by atoms with Crippen LogP contribution in [0.5, 0.6) is 0 Å². The minimum atomic E-state index is -0.672. The van der Waals surface area contributed by atoms with Gasteiger partial charge in [-0.1, -0.05) is 18.2 Å². The Morgan fingerprint density at radius 1 is 0.854 bits per heavy atom. The summed E-state index contributed by atoms with van der Waals surface area (Å²) in [6.07, 6.45) is 2.94. The maximum Gasteiger partial charge on any atom is 0.412 e. The molecule has 0 spiro atoms. The number of thiophene rings is 1. The number of hydrogen-bond donors (Lipinski definition) is 2. The number of fused-ring (bicyclic) bond motifs is 1. The van der Waals surface area contributed by atoms with Gasteiger partial charge in [-0.25, -0.2) is 9.59 Å². The van der Waals surface area contributed by atoms with Gasteiger partial charge in [-0.05, 0) is 102 Å². The summed E-state index contributed by atoms with van der Waals surface area (Å²) in [5, 5.41) is 8.68. The predicted molar refractivity (Wildman–Crippen MR) is 191 cm³/mol. The molecule has 0 atom stereocenters. The van der Waals surface area contributed by atoms with E-state index >= 15 is 0 Å². The smallest absolute Gasteiger partial charge is 0.412 e. The summed E-state index contributed by atoms with van der Waals surface area (Å²) >= 11 is 1.59. The van der Waals surface area contributed by atoms with Gasteiger partial charge in [-0.15, -0.1) is 11.3 Å². The Labute approximate surface area is 285 Å². The lowest BCUT2D eigenvalue weighted by molar-refractivity contribution is 0.0240. The summed E-state index contributed by atoms with van der Waals surface area (Å²) in [4.78, 5) is 49.0. The van der Waals surface area contributed by atoms with Gasteiger partial charge in [0, 0.05) is 53.9 Å². The number of piperazine rings is 1. The van der Waals surface area contributed by atoms with Gasteiger partial charge in [-0.2, -0.15) is 0 Å². The highest BCUT2D eigenvalue weighted by Gasteiger charge is 2.33. The van der Waals surface area contributed by atoms with Crippen LogP contribution in [0.1, 0.15) is 76.2 Å². The number of hydrogen-bond acceptors (Lipinski definition) is 8. The van der Waals surface area contributed by atoms with E-state index in [-0.39, 0.29) is 12.0 Å². The van der Waals surface area contributed by atoms with Crippen molar-refractivity contribution in [3.8, 4) is 10.4 Å². The quantitative estimate of drug-likeness (QED) is 0.212. The zero-order chi connectivity index (χ0) is 34.2. The number of carbonyl (C=O) groups excluding carboxylic acids is 3. The van der Waals surface area contributed by atoms with Crippen molar-refractivity contribution in [1.82, 2.24) is 9.88 Å². The average molecular weight is 670 g/mol. The molecule has 1 aliphatic carbocycles. The van der Waals surface area contributed by atoms with Crippen LogP contribution in [0.4, 0.5) is 26.7 Å². The summed E-state index contributed by atoms with van der Waals surface area (Å²) in [7, 11) is 0. The lowest BCUT2D eigenvalue weighted by Crippen LogP contribution is -2.50. The summed E-state index contributed by atoms with van der Waals surface area (Å²) in [6.45, 7) is 13.6. The van der Waals surface area contributed by atoms with Gasteiger partial charge in [-0.3, -0.25) is 15.1 Å². The molecule has 2 aliphatic rings. The summed E-state index contributed by atoms with van der Waals surface area (Å²) in [5.41, 5.74) is 4.26. The standard InChI is InChI=1S/C37H43N5O5S/c1-36(2,3)46-34(44)40-27-13-11-24(30-8-7-19-48-30)21-28(27)39-33(43)26-20-25-12-14-29(31(23-9-10-23)32(25)38-22-26)41-15-17-42(18-16-41)35(45)47-37(4,5)6/h7-8,11-14,19-23H,9-10,15-18H2,1-6H3,(H,39,43)(H,40,44). The van der Waals surface area contributed by atoms with E-state index in [1.807, 2.05) is 62.5 Å². The third kappa shape index (κ3) is 7.90. The monoisotopic (exact) mass is 669 g/mol. The summed E-state index contributed by atoms with van der Waals surface area (Å²) in [5.74, 6) is 0.0801. The van der Waals surface area contributed by atoms with Crippen molar-refractivity contribution in [3.63, 3.8) is 0 Å². The third-order valence-electron chi connectivity index (χ3n) is 8.10. The van der Waals surface area contributed by atoms with E-state index in [0.29, 0.717) is 49.0 Å². The van der Waals surface area contributed by atoms with Gasteiger partial charge >= 0.3 is 12.2 Å². The second kappa shape index (κ2) is 13.1. The third-order valence-corrected chi connectivity index (χ3v) is 9.02. The van der Waals surface area contributed by atoms with E-state index in [2.05, 4.69) is 21.6 Å². The highest BCUT2D eigenvalue weighted by Crippen LogP contribution is 2.47. The number of benzene rings is 2. The molecule has 0 unspecified atom stereocenters. The molecule has 252 valence electrons. The molecule has 1 saturated carbocycles. The maximum atomic E-state index is 13.7. The molecule has 2 fully saturated rings. The van der Waals surface area contributed by atoms with Crippen molar-refractivity contribution in [2.24, 2.45) is 0 Å². The largest absolute Gasteiger partial charge is 0.444 e. The molecule has 4 aromatic rings. The molecule has 10 nitrogen and oxygen atoms in total. The van der Waals surface area contributed by atoms with Crippen molar-refractivity contribution in [1.29, 1.82) is 0 Å². The molecule has 2 aromatic heterocycles.